The molecule has 0 saturated carbocycles. The Labute approximate surface area is 96.9 Å². The van der Waals surface area contributed by atoms with Crippen LogP contribution in [0.5, 0.6) is 0 Å². The number of nitriles is 1. The van der Waals surface area contributed by atoms with Gasteiger partial charge in [0.05, 0.1) is 6.07 Å². The Morgan fingerprint density at radius 3 is 1.88 bits per heavy atom. The summed E-state index contributed by atoms with van der Waals surface area (Å²) >= 11 is 0. The predicted molar refractivity (Wildman–Crippen MR) is 60.5 cm³/mol. The van der Waals surface area contributed by atoms with Gasteiger partial charge < -0.3 is 10.0 Å². The third-order valence-corrected chi connectivity index (χ3v) is 3.18. The second-order valence-electron chi connectivity index (χ2n) is 5.98. The third-order valence-electron chi connectivity index (χ3n) is 3.18. The number of carbonyl (C=O) groups is 1. The first-order valence-corrected chi connectivity index (χ1v) is 5.49. The van der Waals surface area contributed by atoms with Crippen LogP contribution in [0.25, 0.3) is 0 Å². The summed E-state index contributed by atoms with van der Waals surface area (Å²) in [5.74, 6) is -0.0185. The lowest BCUT2D eigenvalue weighted by atomic mass is 9.71. The Morgan fingerprint density at radius 2 is 1.62 bits per heavy atom. The Morgan fingerprint density at radius 1 is 1.25 bits per heavy atom. The smallest absolute Gasteiger partial charge is 0.220 e. The average molecular weight is 224 g/mol. The molecule has 0 atom stereocenters. The van der Waals surface area contributed by atoms with Gasteiger partial charge in [0.1, 0.15) is 0 Å². The van der Waals surface area contributed by atoms with E-state index in [9.17, 15) is 9.90 Å². The van der Waals surface area contributed by atoms with Crippen molar-refractivity contribution in [2.24, 2.45) is 0 Å². The zero-order chi connectivity index (χ0) is 12.8. The highest BCUT2D eigenvalue weighted by atomic mass is 16.3. The first-order chi connectivity index (χ1) is 7.04. The van der Waals surface area contributed by atoms with Crippen LogP contribution in [-0.4, -0.2) is 32.6 Å². The van der Waals surface area contributed by atoms with Gasteiger partial charge in [-0.1, -0.05) is 0 Å². The molecule has 4 nitrogen and oxygen atoms in total. The predicted octanol–water partition coefficient (Wildman–Crippen LogP) is 1.44. The second kappa shape index (κ2) is 3.46. The number of aliphatic hydroxyl groups is 1. The summed E-state index contributed by atoms with van der Waals surface area (Å²) in [7, 11) is 0. The van der Waals surface area contributed by atoms with Gasteiger partial charge in [0, 0.05) is 30.8 Å². The molecule has 1 rings (SSSR count). The minimum atomic E-state index is -1.33. The van der Waals surface area contributed by atoms with E-state index in [1.54, 1.807) is 4.90 Å². The van der Waals surface area contributed by atoms with Crippen LogP contribution < -0.4 is 0 Å². The molecular formula is C12H20N2O2. The van der Waals surface area contributed by atoms with Crippen LogP contribution in [0, 0.1) is 11.3 Å². The molecule has 1 aliphatic heterocycles. The van der Waals surface area contributed by atoms with Gasteiger partial charge in [-0.3, -0.25) is 4.79 Å². The summed E-state index contributed by atoms with van der Waals surface area (Å²) in [6.45, 7) is 9.07. The summed E-state index contributed by atoms with van der Waals surface area (Å²) < 4.78 is 0. The minimum absolute atomic E-state index is 0.0185. The summed E-state index contributed by atoms with van der Waals surface area (Å²) in [5.41, 5.74) is -2.34. The fraction of sp³-hybridized carbons (Fsp3) is 0.833. The molecule has 0 bridgehead atoms. The van der Waals surface area contributed by atoms with E-state index < -0.39 is 16.7 Å². The number of hydrogen-bond donors (Lipinski definition) is 1. The summed E-state index contributed by atoms with van der Waals surface area (Å²) in [6.07, 6.45) is 0.582. The van der Waals surface area contributed by atoms with E-state index in [0.29, 0.717) is 12.8 Å². The van der Waals surface area contributed by atoms with Gasteiger partial charge in [-0.05, 0) is 27.7 Å². The molecule has 0 aromatic rings. The van der Waals surface area contributed by atoms with Crippen LogP contribution in [0.1, 0.15) is 47.5 Å². The average Bonchev–Trinajstić information content (AvgIpc) is 1.96. The highest BCUT2D eigenvalue weighted by Gasteiger charge is 2.52. The number of piperidine rings is 1. The highest BCUT2D eigenvalue weighted by molar-refractivity contribution is 5.75. The van der Waals surface area contributed by atoms with Gasteiger partial charge in [-0.15, -0.1) is 0 Å². The zero-order valence-electron chi connectivity index (χ0n) is 10.7. The molecule has 1 N–H and O–H groups in total. The van der Waals surface area contributed by atoms with E-state index in [4.69, 9.17) is 5.26 Å². The molecule has 0 spiro atoms. The number of likely N-dealkylation sites (tertiary alicyclic amines) is 1. The van der Waals surface area contributed by atoms with Crippen molar-refractivity contribution in [1.29, 1.82) is 5.26 Å². The van der Waals surface area contributed by atoms with Crippen molar-refractivity contribution in [3.8, 4) is 6.07 Å². The van der Waals surface area contributed by atoms with E-state index >= 15 is 0 Å². The van der Waals surface area contributed by atoms with Gasteiger partial charge in [-0.2, -0.15) is 5.26 Å². The van der Waals surface area contributed by atoms with E-state index in [-0.39, 0.29) is 5.91 Å². The Hall–Kier alpha value is -1.08. The number of rotatable bonds is 0. The maximum Gasteiger partial charge on any atom is 0.220 e. The molecule has 0 aromatic carbocycles. The van der Waals surface area contributed by atoms with Crippen molar-refractivity contribution in [2.75, 3.05) is 0 Å². The lowest BCUT2D eigenvalue weighted by Crippen LogP contribution is -2.66. The lowest BCUT2D eigenvalue weighted by Gasteiger charge is -2.56. The number of nitrogens with zero attached hydrogens (tertiary/aromatic N) is 2. The first kappa shape index (κ1) is 13.0. The van der Waals surface area contributed by atoms with Gasteiger partial charge in [0.15, 0.2) is 5.60 Å². The van der Waals surface area contributed by atoms with Crippen molar-refractivity contribution in [3.05, 3.63) is 0 Å². The molecule has 0 aromatic heterocycles. The van der Waals surface area contributed by atoms with Crippen molar-refractivity contribution < 1.29 is 9.90 Å². The molecule has 1 fully saturated rings. The van der Waals surface area contributed by atoms with Crippen LogP contribution in [0.3, 0.4) is 0 Å². The maximum absolute atomic E-state index is 11.7. The molecule has 90 valence electrons. The normalized spacial score (nSPS) is 25.9. The molecule has 0 radical (unpaired) electrons. The van der Waals surface area contributed by atoms with Crippen LogP contribution in [0.15, 0.2) is 0 Å². The molecule has 1 amide bonds. The van der Waals surface area contributed by atoms with E-state index in [0.717, 1.165) is 0 Å². The fourth-order valence-electron chi connectivity index (χ4n) is 3.40. The van der Waals surface area contributed by atoms with Gasteiger partial charge in [0.25, 0.3) is 0 Å². The molecule has 0 unspecified atom stereocenters. The Balaban J connectivity index is 3.19. The SMILES string of the molecule is CC(=O)N1C(C)(C)CC(O)(C#N)CC1(C)C. The van der Waals surface area contributed by atoms with Crippen molar-refractivity contribution in [3.63, 3.8) is 0 Å². The van der Waals surface area contributed by atoms with E-state index in [2.05, 4.69) is 0 Å². The number of hydrogen-bond acceptors (Lipinski definition) is 3. The number of carbonyl (C=O) groups excluding carboxylic acids is 1. The summed E-state index contributed by atoms with van der Waals surface area (Å²) in [4.78, 5) is 13.5. The molecule has 1 heterocycles. The number of amides is 1. The Bertz CT molecular complexity index is 335. The van der Waals surface area contributed by atoms with Crippen LogP contribution in [-0.2, 0) is 4.79 Å². The lowest BCUT2D eigenvalue weighted by molar-refractivity contribution is -0.158. The monoisotopic (exact) mass is 224 g/mol. The Kier molecular flexibility index (Phi) is 2.81. The maximum atomic E-state index is 11.7. The standard InChI is InChI=1S/C12H20N2O2/c1-9(15)14-10(2,3)6-12(16,8-13)7-11(14,4)5/h16H,6-7H2,1-5H3. The van der Waals surface area contributed by atoms with Crippen LogP contribution in [0.2, 0.25) is 0 Å². The topological polar surface area (TPSA) is 64.3 Å². The highest BCUT2D eigenvalue weighted by Crippen LogP contribution is 2.43. The van der Waals surface area contributed by atoms with Crippen LogP contribution >= 0.6 is 0 Å². The second-order valence-corrected chi connectivity index (χ2v) is 5.98. The molecular weight excluding hydrogens is 204 g/mol. The van der Waals surface area contributed by atoms with Gasteiger partial charge in [-0.25, -0.2) is 0 Å². The van der Waals surface area contributed by atoms with Crippen molar-refractivity contribution >= 4 is 5.91 Å². The van der Waals surface area contributed by atoms with Crippen molar-refractivity contribution in [2.45, 2.75) is 64.1 Å². The van der Waals surface area contributed by atoms with Crippen molar-refractivity contribution in [1.82, 2.24) is 4.90 Å². The first-order valence-electron chi connectivity index (χ1n) is 5.49. The molecule has 1 aliphatic rings. The largest absolute Gasteiger partial charge is 0.375 e. The molecule has 0 aliphatic carbocycles. The quantitative estimate of drug-likeness (QED) is 0.633. The minimum Gasteiger partial charge on any atom is -0.375 e. The fourth-order valence-corrected chi connectivity index (χ4v) is 3.40. The zero-order valence-corrected chi connectivity index (χ0v) is 10.7. The molecule has 1 saturated heterocycles. The molecule has 16 heavy (non-hydrogen) atoms. The van der Waals surface area contributed by atoms with E-state index in [1.807, 2.05) is 33.8 Å². The van der Waals surface area contributed by atoms with Gasteiger partial charge in [0.2, 0.25) is 5.91 Å². The molecule has 4 heteroatoms. The summed E-state index contributed by atoms with van der Waals surface area (Å²) in [5, 5.41) is 19.2. The van der Waals surface area contributed by atoms with Crippen LogP contribution in [0.4, 0.5) is 0 Å². The van der Waals surface area contributed by atoms with Gasteiger partial charge >= 0.3 is 0 Å². The third kappa shape index (κ3) is 2.05. The van der Waals surface area contributed by atoms with E-state index in [1.165, 1.54) is 6.92 Å². The summed E-state index contributed by atoms with van der Waals surface area (Å²) in [6, 6.07) is 1.97.